The van der Waals surface area contributed by atoms with Crippen LogP contribution in [-0.4, -0.2) is 29.3 Å². The molecule has 3 aromatic heterocycles. The summed E-state index contributed by atoms with van der Waals surface area (Å²) in [5.41, 5.74) is 5.52. The van der Waals surface area contributed by atoms with Gasteiger partial charge in [0.1, 0.15) is 0 Å². The number of allylic oxidation sites excluding steroid dienone is 2. The second-order valence-electron chi connectivity index (χ2n) is 13.6. The van der Waals surface area contributed by atoms with Crippen molar-refractivity contribution in [3.05, 3.63) is 185 Å². The van der Waals surface area contributed by atoms with E-state index in [-0.39, 0.29) is 31.2 Å². The van der Waals surface area contributed by atoms with Crippen molar-refractivity contribution in [2.24, 2.45) is 0 Å². The van der Waals surface area contributed by atoms with Gasteiger partial charge in [-0.1, -0.05) is 0 Å². The average molecular weight is 676 g/mol. The van der Waals surface area contributed by atoms with Crippen LogP contribution in [0.25, 0.3) is 0 Å². The standard InChI is InChI=1S/C37H39N6.C4H5.Mn/c1-35(2,28-16-10-7-11-17-28)31-22-25-41(38-31)34(42-26-23-32(39-42)36(3,4)29-18-12-8-13-19-29)43-27-24-33(40-43)37(5,6)30-20-14-9-15-21-30;1-3-4-2;/h7-27H,1-6H3;1,3-4H,2H2;. The Balaban J connectivity index is 1.56. The van der Waals surface area contributed by atoms with Gasteiger partial charge in [0.05, 0.1) is 0 Å². The molecule has 3 aromatic carbocycles. The van der Waals surface area contributed by atoms with E-state index in [0.717, 1.165) is 17.1 Å². The molecule has 0 N–H and O–H groups in total. The summed E-state index contributed by atoms with van der Waals surface area (Å²) in [4.78, 5) is 2.15. The zero-order valence-corrected chi connectivity index (χ0v) is 29.8. The van der Waals surface area contributed by atoms with Crippen molar-refractivity contribution in [2.45, 2.75) is 62.5 Å². The summed E-state index contributed by atoms with van der Waals surface area (Å²) in [5.74, 6) is 0. The first-order chi connectivity index (χ1) is 23.0. The molecule has 0 atom stereocenters. The molecule has 48 heavy (non-hydrogen) atoms. The summed E-state index contributed by atoms with van der Waals surface area (Å²) < 4.78 is 5.17. The molecule has 0 unspecified atom stereocenters. The molecule has 0 fully saturated rings. The zero-order valence-electron chi connectivity index (χ0n) is 28.6. The minimum absolute atomic E-state index is 0.129. The number of hydrogen-bond donors (Lipinski definition) is 0. The molecular weight excluding hydrogens is 631 g/mol. The second-order valence-corrected chi connectivity index (χ2v) is 15.2. The van der Waals surface area contributed by atoms with Crippen LogP contribution in [0.3, 0.4) is 0 Å². The van der Waals surface area contributed by atoms with Gasteiger partial charge in [-0.15, -0.1) is 0 Å². The van der Waals surface area contributed by atoms with E-state index in [0.29, 0.717) is 0 Å². The Bertz CT molecular complexity index is 1780. The molecule has 0 aliphatic rings. The van der Waals surface area contributed by atoms with E-state index in [1.807, 2.05) is 26.2 Å². The third-order valence-corrected chi connectivity index (χ3v) is 11.2. The molecule has 245 valence electrons. The molecule has 3 heterocycles. The predicted molar refractivity (Wildman–Crippen MR) is 190 cm³/mol. The molecule has 6 aromatic rings. The number of benzene rings is 3. The van der Waals surface area contributed by atoms with Crippen LogP contribution < -0.4 is 0 Å². The van der Waals surface area contributed by atoms with Crippen molar-refractivity contribution >= 4 is 0 Å². The molecule has 0 aliphatic heterocycles. The molecule has 0 saturated heterocycles. The van der Waals surface area contributed by atoms with Gasteiger partial charge in [0, 0.05) is 0 Å². The van der Waals surface area contributed by atoms with E-state index in [1.165, 1.54) is 16.7 Å². The first-order valence-electron chi connectivity index (χ1n) is 16.3. The van der Waals surface area contributed by atoms with Gasteiger partial charge in [-0.05, 0) is 0 Å². The zero-order chi connectivity index (χ0) is 34.0. The maximum absolute atomic E-state index is 5.36. The fourth-order valence-corrected chi connectivity index (χ4v) is 7.54. The fraction of sp³-hybridized carbons (Fsp3) is 0.244. The molecular formula is C41H44MnN6. The Morgan fingerprint density at radius 3 is 1.10 bits per heavy atom. The molecule has 0 radical (unpaired) electrons. The second kappa shape index (κ2) is 13.1. The van der Waals surface area contributed by atoms with Crippen LogP contribution in [0.5, 0.6) is 0 Å². The van der Waals surface area contributed by atoms with Crippen LogP contribution >= 0.6 is 0 Å². The molecule has 0 saturated carbocycles. The van der Waals surface area contributed by atoms with Crippen molar-refractivity contribution in [1.82, 2.24) is 29.3 Å². The SMILES string of the molecule is C=CC=[CH][Mn][C](n1ccc(C(C)(C)c2ccccc2)n1)(n1ccc(C(C)(C)c2ccccc2)n1)n1ccc(C(C)(C)c2ccccc2)n1. The molecule has 0 aliphatic carbocycles. The van der Waals surface area contributed by atoms with Crippen LogP contribution in [0.1, 0.15) is 75.3 Å². The average Bonchev–Trinajstić information content (AvgIpc) is 3.91. The summed E-state index contributed by atoms with van der Waals surface area (Å²) in [6.07, 6.45) is 10.0. The monoisotopic (exact) mass is 675 g/mol. The molecule has 7 heteroatoms. The topological polar surface area (TPSA) is 53.5 Å². The van der Waals surface area contributed by atoms with E-state index in [4.69, 9.17) is 15.3 Å². The number of rotatable bonds is 12. The summed E-state index contributed by atoms with van der Waals surface area (Å²) in [6.45, 7) is 17.3. The van der Waals surface area contributed by atoms with Crippen molar-refractivity contribution in [1.29, 1.82) is 0 Å². The molecule has 0 bridgehead atoms. The minimum atomic E-state index is -0.954. The summed E-state index contributed by atoms with van der Waals surface area (Å²) in [5, 5.41) is 16.1. The van der Waals surface area contributed by atoms with E-state index >= 15 is 0 Å². The fourth-order valence-electron chi connectivity index (χ4n) is 6.09. The third kappa shape index (κ3) is 5.93. The van der Waals surface area contributed by atoms with Crippen LogP contribution in [-0.2, 0) is 35.9 Å². The van der Waals surface area contributed by atoms with Crippen molar-refractivity contribution < 1.29 is 15.0 Å². The first kappa shape index (κ1) is 33.2. The van der Waals surface area contributed by atoms with E-state index in [1.54, 1.807) is 0 Å². The van der Waals surface area contributed by atoms with Gasteiger partial charge in [-0.2, -0.15) is 0 Å². The van der Waals surface area contributed by atoms with Gasteiger partial charge in [0.15, 0.2) is 0 Å². The van der Waals surface area contributed by atoms with Crippen LogP contribution in [0.4, 0.5) is 0 Å². The molecule has 0 spiro atoms. The molecule has 6 rings (SSSR count). The first-order valence-corrected chi connectivity index (χ1v) is 17.6. The number of hydrogen-bond acceptors (Lipinski definition) is 3. The van der Waals surface area contributed by atoms with Crippen molar-refractivity contribution in [3.63, 3.8) is 0 Å². The summed E-state index contributed by atoms with van der Waals surface area (Å²) in [6, 6.07) is 38.0. The van der Waals surface area contributed by atoms with Gasteiger partial charge in [0.2, 0.25) is 0 Å². The Morgan fingerprint density at radius 1 is 0.500 bits per heavy atom. The molecule has 0 amide bonds. The van der Waals surface area contributed by atoms with E-state index in [2.05, 4.69) is 181 Å². The number of nitrogens with zero attached hydrogens (tertiary/aromatic N) is 6. The van der Waals surface area contributed by atoms with Crippen LogP contribution in [0.2, 0.25) is 0 Å². The summed E-state index contributed by atoms with van der Waals surface area (Å²) in [7, 11) is 0. The van der Waals surface area contributed by atoms with Gasteiger partial charge in [-0.3, -0.25) is 0 Å². The van der Waals surface area contributed by atoms with Gasteiger partial charge in [0.25, 0.3) is 0 Å². The Hall–Kier alpha value is -4.71. The normalized spacial score (nSPS) is 12.9. The number of aromatic nitrogens is 6. The Morgan fingerprint density at radius 2 is 0.812 bits per heavy atom. The van der Waals surface area contributed by atoms with Crippen molar-refractivity contribution in [2.75, 3.05) is 0 Å². The van der Waals surface area contributed by atoms with E-state index in [9.17, 15) is 0 Å². The van der Waals surface area contributed by atoms with E-state index < -0.39 is 4.69 Å². The van der Waals surface area contributed by atoms with Gasteiger partial charge in [-0.25, -0.2) is 0 Å². The third-order valence-electron chi connectivity index (χ3n) is 9.47. The predicted octanol–water partition coefficient (Wildman–Crippen LogP) is 8.70. The van der Waals surface area contributed by atoms with Crippen LogP contribution in [0.15, 0.2) is 151 Å². The summed E-state index contributed by atoms with van der Waals surface area (Å²) >= 11 is 0.129. The van der Waals surface area contributed by atoms with Gasteiger partial charge >= 0.3 is 292 Å². The maximum atomic E-state index is 5.36. The Kier molecular flexibility index (Phi) is 9.04. The molecule has 6 nitrogen and oxygen atoms in total. The quantitative estimate of drug-likeness (QED) is 0.0964. The Labute approximate surface area is 291 Å². The van der Waals surface area contributed by atoms with Crippen LogP contribution in [0, 0.1) is 0 Å². The van der Waals surface area contributed by atoms with Gasteiger partial charge < -0.3 is 0 Å². The van der Waals surface area contributed by atoms with Crippen molar-refractivity contribution in [3.8, 4) is 0 Å².